The maximum atomic E-state index is 13.2. The maximum absolute atomic E-state index is 13.2. The van der Waals surface area contributed by atoms with Gasteiger partial charge in [-0.05, 0) is 61.4 Å². The molecule has 2 heterocycles. The molecule has 1 atom stereocenters. The van der Waals surface area contributed by atoms with E-state index in [0.29, 0.717) is 28.2 Å². The molecule has 2 aromatic carbocycles. The normalized spacial score (nSPS) is 17.2. The molecule has 3 aromatic rings. The van der Waals surface area contributed by atoms with Crippen molar-refractivity contribution >= 4 is 34.2 Å². The zero-order valence-corrected chi connectivity index (χ0v) is 15.7. The highest BCUT2D eigenvalue weighted by molar-refractivity contribution is 6.31. The van der Waals surface area contributed by atoms with Crippen LogP contribution in [0.4, 0.5) is 10.1 Å². The summed E-state index contributed by atoms with van der Waals surface area (Å²) in [5, 5.41) is 4.10. The van der Waals surface area contributed by atoms with Crippen LogP contribution in [0.1, 0.15) is 23.2 Å². The monoisotopic (exact) mass is 400 g/mol. The lowest BCUT2D eigenvalue weighted by molar-refractivity contribution is 0.0854. The molecule has 1 unspecified atom stereocenters. The number of hydrogen-bond acceptors (Lipinski definition) is 4. The first-order valence-electron chi connectivity index (χ1n) is 9.02. The van der Waals surface area contributed by atoms with E-state index in [4.69, 9.17) is 20.8 Å². The van der Waals surface area contributed by atoms with Crippen molar-refractivity contribution in [3.8, 4) is 0 Å². The number of benzene rings is 2. The van der Waals surface area contributed by atoms with Crippen molar-refractivity contribution in [2.24, 2.45) is 4.99 Å². The van der Waals surface area contributed by atoms with Gasteiger partial charge in [0.1, 0.15) is 17.0 Å². The Balaban J connectivity index is 1.74. The predicted molar refractivity (Wildman–Crippen MR) is 104 cm³/mol. The van der Waals surface area contributed by atoms with Crippen LogP contribution >= 0.6 is 11.6 Å². The number of fused-ring (bicyclic) bond motifs is 1. The van der Waals surface area contributed by atoms with Gasteiger partial charge in [-0.3, -0.25) is 4.79 Å². The minimum absolute atomic E-state index is 0.0216. The topological polar surface area (TPSA) is 63.8 Å². The Morgan fingerprint density at radius 3 is 2.79 bits per heavy atom. The Morgan fingerprint density at radius 1 is 1.21 bits per heavy atom. The molecule has 1 saturated heterocycles. The summed E-state index contributed by atoms with van der Waals surface area (Å²) in [7, 11) is 0. The SMILES string of the molecule is O=C(NCC1CCCO1)c1cc2cc(Cl)ccc2oc1=Nc1ccc(F)cc1. The van der Waals surface area contributed by atoms with E-state index in [1.807, 2.05) is 0 Å². The second-order valence-corrected chi connectivity index (χ2v) is 7.02. The minimum Gasteiger partial charge on any atom is -0.438 e. The summed E-state index contributed by atoms with van der Waals surface area (Å²) in [6, 6.07) is 12.5. The Morgan fingerprint density at radius 2 is 2.04 bits per heavy atom. The van der Waals surface area contributed by atoms with Crippen LogP contribution in [0, 0.1) is 5.82 Å². The summed E-state index contributed by atoms with van der Waals surface area (Å²) in [6.45, 7) is 1.14. The summed E-state index contributed by atoms with van der Waals surface area (Å²) in [5.41, 5.74) is 1.44. The van der Waals surface area contributed by atoms with Crippen molar-refractivity contribution in [2.75, 3.05) is 13.2 Å². The average Bonchev–Trinajstić information content (AvgIpc) is 3.21. The Bertz CT molecular complexity index is 1070. The van der Waals surface area contributed by atoms with Crippen molar-refractivity contribution in [1.82, 2.24) is 5.32 Å². The first kappa shape index (κ1) is 18.7. The third-order valence-corrected chi connectivity index (χ3v) is 4.76. The lowest BCUT2D eigenvalue weighted by atomic mass is 10.1. The third kappa shape index (κ3) is 4.24. The van der Waals surface area contributed by atoms with Gasteiger partial charge in [-0.1, -0.05) is 11.6 Å². The van der Waals surface area contributed by atoms with Crippen LogP contribution in [0.2, 0.25) is 5.02 Å². The fraction of sp³-hybridized carbons (Fsp3) is 0.238. The van der Waals surface area contributed by atoms with E-state index in [9.17, 15) is 9.18 Å². The molecule has 5 nitrogen and oxygen atoms in total. The molecule has 28 heavy (non-hydrogen) atoms. The summed E-state index contributed by atoms with van der Waals surface area (Å²) in [4.78, 5) is 17.2. The Kier molecular flexibility index (Phi) is 5.41. The van der Waals surface area contributed by atoms with Crippen LogP contribution < -0.4 is 10.9 Å². The van der Waals surface area contributed by atoms with Crippen molar-refractivity contribution in [2.45, 2.75) is 18.9 Å². The van der Waals surface area contributed by atoms with E-state index < -0.39 is 0 Å². The molecule has 1 amide bonds. The van der Waals surface area contributed by atoms with Gasteiger partial charge in [0.15, 0.2) is 0 Å². The second kappa shape index (κ2) is 8.12. The molecular weight excluding hydrogens is 383 g/mol. The van der Waals surface area contributed by atoms with Crippen LogP contribution in [0.25, 0.3) is 11.0 Å². The van der Waals surface area contributed by atoms with Crippen LogP contribution in [0.3, 0.4) is 0 Å². The average molecular weight is 401 g/mol. The molecule has 1 fully saturated rings. The molecule has 0 aliphatic carbocycles. The van der Waals surface area contributed by atoms with E-state index >= 15 is 0 Å². The molecule has 1 N–H and O–H groups in total. The summed E-state index contributed by atoms with van der Waals surface area (Å²) < 4.78 is 24.6. The van der Waals surface area contributed by atoms with Crippen molar-refractivity contribution < 1.29 is 18.3 Å². The standard InChI is InChI=1S/C21H18ClFN2O3/c22-14-3-8-19-13(10-14)11-18(20(26)24-12-17-2-1-9-27-17)21(28-19)25-16-6-4-15(23)5-7-16/h3-8,10-11,17H,1-2,9,12H2,(H,24,26). The quantitative estimate of drug-likeness (QED) is 0.707. The third-order valence-electron chi connectivity index (χ3n) is 4.52. The highest BCUT2D eigenvalue weighted by Gasteiger charge is 2.18. The first-order chi connectivity index (χ1) is 13.6. The number of nitrogens with zero attached hydrogens (tertiary/aromatic N) is 1. The Labute approximate surface area is 165 Å². The molecule has 0 radical (unpaired) electrons. The fourth-order valence-electron chi connectivity index (χ4n) is 3.09. The number of halogens is 2. The number of amides is 1. The molecule has 4 rings (SSSR count). The van der Waals surface area contributed by atoms with Crippen LogP contribution in [-0.4, -0.2) is 25.2 Å². The van der Waals surface area contributed by atoms with Crippen LogP contribution in [-0.2, 0) is 4.74 Å². The molecule has 0 saturated carbocycles. The molecule has 0 bridgehead atoms. The Hall–Kier alpha value is -2.70. The largest absolute Gasteiger partial charge is 0.438 e. The smallest absolute Gasteiger partial charge is 0.256 e. The highest BCUT2D eigenvalue weighted by atomic mass is 35.5. The lowest BCUT2D eigenvalue weighted by Gasteiger charge is -2.11. The van der Waals surface area contributed by atoms with Crippen LogP contribution in [0.5, 0.6) is 0 Å². The summed E-state index contributed by atoms with van der Waals surface area (Å²) in [5.74, 6) is -0.680. The molecule has 1 aliphatic rings. The number of ether oxygens (including phenoxy) is 1. The fourth-order valence-corrected chi connectivity index (χ4v) is 3.27. The number of hydrogen-bond donors (Lipinski definition) is 1. The van der Waals surface area contributed by atoms with Gasteiger partial charge in [0.05, 0.1) is 11.8 Å². The number of carbonyl (C=O) groups is 1. The number of carbonyl (C=O) groups excluding carboxylic acids is 1. The van der Waals surface area contributed by atoms with Gasteiger partial charge >= 0.3 is 0 Å². The van der Waals surface area contributed by atoms with E-state index in [2.05, 4.69) is 10.3 Å². The van der Waals surface area contributed by atoms with Gasteiger partial charge in [-0.25, -0.2) is 9.38 Å². The number of rotatable bonds is 4. The van der Waals surface area contributed by atoms with Gasteiger partial charge in [-0.15, -0.1) is 0 Å². The van der Waals surface area contributed by atoms with Gasteiger partial charge in [0, 0.05) is 23.6 Å². The molecule has 1 aliphatic heterocycles. The van der Waals surface area contributed by atoms with Gasteiger partial charge < -0.3 is 14.5 Å². The second-order valence-electron chi connectivity index (χ2n) is 6.58. The van der Waals surface area contributed by atoms with E-state index in [0.717, 1.165) is 19.4 Å². The number of nitrogens with one attached hydrogen (secondary N) is 1. The predicted octanol–water partition coefficient (Wildman–Crippen LogP) is 4.37. The highest BCUT2D eigenvalue weighted by Crippen LogP contribution is 2.20. The lowest BCUT2D eigenvalue weighted by Crippen LogP contribution is -2.34. The summed E-state index contributed by atoms with van der Waals surface area (Å²) in [6.07, 6.45) is 1.94. The van der Waals surface area contributed by atoms with Crippen molar-refractivity contribution in [3.63, 3.8) is 0 Å². The van der Waals surface area contributed by atoms with Gasteiger partial charge in [0.25, 0.3) is 5.91 Å². The van der Waals surface area contributed by atoms with E-state index in [1.54, 1.807) is 24.3 Å². The molecule has 0 spiro atoms. The molecule has 1 aromatic heterocycles. The molecule has 144 valence electrons. The zero-order valence-electron chi connectivity index (χ0n) is 15.0. The first-order valence-corrected chi connectivity index (χ1v) is 9.40. The maximum Gasteiger partial charge on any atom is 0.256 e. The molecular formula is C21H18ClFN2O3. The zero-order chi connectivity index (χ0) is 19.5. The minimum atomic E-state index is -0.362. The van der Waals surface area contributed by atoms with Gasteiger partial charge in [-0.2, -0.15) is 0 Å². The summed E-state index contributed by atoms with van der Waals surface area (Å²) >= 11 is 6.06. The van der Waals surface area contributed by atoms with Crippen LogP contribution in [0.15, 0.2) is 57.9 Å². The van der Waals surface area contributed by atoms with Crippen molar-refractivity contribution in [3.05, 3.63) is 70.5 Å². The molecule has 7 heteroatoms. The van der Waals surface area contributed by atoms with Crippen molar-refractivity contribution in [1.29, 1.82) is 0 Å². The van der Waals surface area contributed by atoms with E-state index in [-0.39, 0.29) is 28.9 Å². The van der Waals surface area contributed by atoms with Gasteiger partial charge in [0.2, 0.25) is 5.55 Å². The van der Waals surface area contributed by atoms with E-state index in [1.165, 1.54) is 24.3 Å².